The van der Waals surface area contributed by atoms with Gasteiger partial charge in [0.05, 0.1) is 19.1 Å². The average Bonchev–Trinajstić information content (AvgIpc) is 3.14. The zero-order chi connectivity index (χ0) is 18.1. The topological polar surface area (TPSA) is 78.8 Å². The van der Waals surface area contributed by atoms with Crippen molar-refractivity contribution in [1.82, 2.24) is 5.48 Å². The van der Waals surface area contributed by atoms with Crippen LogP contribution in [0.25, 0.3) is 0 Å². The lowest BCUT2D eigenvalue weighted by Crippen LogP contribution is -2.16. The molecule has 5 nitrogen and oxygen atoms in total. The SMILES string of the molecule is CCCCCCC(O)C=CC1=CC[C@@H]2CC(NOCCC(=O)O)=C[C@@H]12. The number of aliphatic hydroxyl groups is 1. The van der Waals surface area contributed by atoms with E-state index in [9.17, 15) is 9.90 Å². The van der Waals surface area contributed by atoms with E-state index >= 15 is 0 Å². The number of allylic oxidation sites excluding steroid dienone is 5. The van der Waals surface area contributed by atoms with E-state index in [4.69, 9.17) is 9.94 Å². The third kappa shape index (κ3) is 6.67. The fourth-order valence-corrected chi connectivity index (χ4v) is 3.49. The number of aliphatic hydroxyl groups excluding tert-OH is 1. The minimum atomic E-state index is -0.859. The zero-order valence-electron chi connectivity index (χ0n) is 15.1. The predicted molar refractivity (Wildman–Crippen MR) is 97.6 cm³/mol. The van der Waals surface area contributed by atoms with Crippen LogP contribution in [0.15, 0.2) is 35.6 Å². The Hall–Kier alpha value is -1.59. The van der Waals surface area contributed by atoms with E-state index in [-0.39, 0.29) is 19.1 Å². The molecule has 0 spiro atoms. The van der Waals surface area contributed by atoms with Crippen molar-refractivity contribution in [3.8, 4) is 0 Å². The Bertz CT molecular complexity index is 524. The number of carboxylic acid groups (broad SMARTS) is 1. The number of unbranched alkanes of at least 4 members (excludes halogenated alkanes) is 3. The normalized spacial score (nSPS) is 23.4. The highest BCUT2D eigenvalue weighted by Crippen LogP contribution is 2.42. The Labute approximate surface area is 150 Å². The molecule has 0 aliphatic heterocycles. The van der Waals surface area contributed by atoms with Crippen LogP contribution >= 0.6 is 0 Å². The van der Waals surface area contributed by atoms with Gasteiger partial charge in [0.25, 0.3) is 0 Å². The maximum atomic E-state index is 10.5. The summed E-state index contributed by atoms with van der Waals surface area (Å²) >= 11 is 0. The van der Waals surface area contributed by atoms with Gasteiger partial charge in [-0.2, -0.15) is 0 Å². The summed E-state index contributed by atoms with van der Waals surface area (Å²) in [6.45, 7) is 2.35. The third-order valence-electron chi connectivity index (χ3n) is 4.90. The first kappa shape index (κ1) is 19.7. The molecule has 0 fully saturated rings. The lowest BCUT2D eigenvalue weighted by atomic mass is 9.94. The van der Waals surface area contributed by atoms with E-state index in [0.29, 0.717) is 11.8 Å². The van der Waals surface area contributed by atoms with Gasteiger partial charge in [-0.05, 0) is 30.8 Å². The van der Waals surface area contributed by atoms with Crippen LogP contribution in [-0.2, 0) is 9.63 Å². The van der Waals surface area contributed by atoms with E-state index in [2.05, 4.69) is 30.6 Å². The van der Waals surface area contributed by atoms with Crippen LogP contribution in [-0.4, -0.2) is 28.9 Å². The van der Waals surface area contributed by atoms with Gasteiger partial charge in [-0.3, -0.25) is 15.1 Å². The molecule has 2 aliphatic rings. The molecule has 25 heavy (non-hydrogen) atoms. The molecule has 1 unspecified atom stereocenters. The highest BCUT2D eigenvalue weighted by atomic mass is 16.6. The number of aliphatic carboxylic acids is 1. The van der Waals surface area contributed by atoms with Gasteiger partial charge in [0, 0.05) is 11.6 Å². The van der Waals surface area contributed by atoms with Gasteiger partial charge in [0.1, 0.15) is 0 Å². The number of rotatable bonds is 12. The molecule has 0 aromatic carbocycles. The largest absolute Gasteiger partial charge is 0.481 e. The number of carboxylic acids is 1. The zero-order valence-corrected chi connectivity index (χ0v) is 15.1. The summed E-state index contributed by atoms with van der Waals surface area (Å²) < 4.78 is 0. The summed E-state index contributed by atoms with van der Waals surface area (Å²) in [5.74, 6) is 0.0590. The molecule has 2 rings (SSSR count). The van der Waals surface area contributed by atoms with E-state index in [1.165, 1.54) is 24.8 Å². The van der Waals surface area contributed by atoms with E-state index in [1.807, 2.05) is 6.08 Å². The maximum absolute atomic E-state index is 10.5. The Kier molecular flexibility index (Phi) is 8.22. The predicted octanol–water partition coefficient (Wildman–Crippen LogP) is 3.72. The fraction of sp³-hybridized carbons (Fsp3) is 0.650. The average molecular weight is 349 g/mol. The molecule has 0 aromatic heterocycles. The number of nitrogens with one attached hydrogen (secondary N) is 1. The third-order valence-corrected chi connectivity index (χ3v) is 4.90. The minimum absolute atomic E-state index is 0.00281. The quantitative estimate of drug-likeness (QED) is 0.370. The summed E-state index contributed by atoms with van der Waals surface area (Å²) in [5.41, 5.74) is 5.18. The molecule has 2 aliphatic carbocycles. The van der Waals surface area contributed by atoms with Crippen molar-refractivity contribution in [1.29, 1.82) is 0 Å². The van der Waals surface area contributed by atoms with E-state index in [0.717, 1.165) is 31.4 Å². The molecule has 0 saturated carbocycles. The molecule has 5 heteroatoms. The van der Waals surface area contributed by atoms with Crippen molar-refractivity contribution in [3.05, 3.63) is 35.6 Å². The first-order valence-corrected chi connectivity index (χ1v) is 9.46. The Morgan fingerprint density at radius 1 is 1.44 bits per heavy atom. The maximum Gasteiger partial charge on any atom is 0.305 e. The monoisotopic (exact) mass is 349 g/mol. The molecule has 3 atom stereocenters. The van der Waals surface area contributed by atoms with Crippen LogP contribution in [0.2, 0.25) is 0 Å². The van der Waals surface area contributed by atoms with E-state index in [1.54, 1.807) is 0 Å². The second-order valence-electron chi connectivity index (χ2n) is 6.99. The van der Waals surface area contributed by atoms with Crippen molar-refractivity contribution < 1.29 is 19.8 Å². The molecule has 0 amide bonds. The molecular formula is C20H31NO4. The van der Waals surface area contributed by atoms with Crippen molar-refractivity contribution in [2.75, 3.05) is 6.61 Å². The van der Waals surface area contributed by atoms with Gasteiger partial charge in [-0.25, -0.2) is 0 Å². The standard InChI is InChI=1S/C20H31NO4/c1-2-3-4-5-6-18(22)10-9-15-7-8-16-13-17(14-19(15)16)21-25-12-11-20(23)24/h7,9-10,14,16,18-19,21-22H,2-6,8,11-13H2,1H3,(H,23,24)/t16-,18?,19+/m1/s1. The van der Waals surface area contributed by atoms with Crippen molar-refractivity contribution in [2.45, 2.75) is 64.4 Å². The molecule has 0 heterocycles. The fourth-order valence-electron chi connectivity index (χ4n) is 3.49. The summed E-state index contributed by atoms with van der Waals surface area (Å²) in [6, 6.07) is 0. The second-order valence-corrected chi connectivity index (χ2v) is 6.99. The molecule has 0 bridgehead atoms. The van der Waals surface area contributed by atoms with Crippen molar-refractivity contribution in [3.63, 3.8) is 0 Å². The Morgan fingerprint density at radius 3 is 3.04 bits per heavy atom. The first-order valence-electron chi connectivity index (χ1n) is 9.46. The van der Waals surface area contributed by atoms with E-state index < -0.39 is 5.97 Å². The van der Waals surface area contributed by atoms with Crippen LogP contribution < -0.4 is 5.48 Å². The lowest BCUT2D eigenvalue weighted by Gasteiger charge is -2.11. The molecule has 0 radical (unpaired) electrons. The molecule has 0 saturated heterocycles. The summed E-state index contributed by atoms with van der Waals surface area (Å²) in [7, 11) is 0. The first-order chi connectivity index (χ1) is 12.1. The lowest BCUT2D eigenvalue weighted by molar-refractivity contribution is -0.138. The smallest absolute Gasteiger partial charge is 0.305 e. The minimum Gasteiger partial charge on any atom is -0.481 e. The number of carbonyl (C=O) groups is 1. The summed E-state index contributed by atoms with van der Waals surface area (Å²) in [4.78, 5) is 15.7. The van der Waals surface area contributed by atoms with Gasteiger partial charge >= 0.3 is 5.97 Å². The number of hydrogen-bond donors (Lipinski definition) is 3. The molecule has 0 aromatic rings. The number of hydroxylamine groups is 1. The van der Waals surface area contributed by atoms with Gasteiger partial charge in [0.2, 0.25) is 0 Å². The number of hydrogen-bond acceptors (Lipinski definition) is 4. The van der Waals surface area contributed by atoms with Gasteiger partial charge in [0.15, 0.2) is 0 Å². The van der Waals surface area contributed by atoms with Crippen LogP contribution in [0.5, 0.6) is 0 Å². The van der Waals surface area contributed by atoms with Gasteiger partial charge in [-0.1, -0.05) is 56.9 Å². The molecular weight excluding hydrogens is 318 g/mol. The summed E-state index contributed by atoms with van der Waals surface area (Å²) in [6.07, 6.45) is 15.6. The highest BCUT2D eigenvalue weighted by Gasteiger charge is 2.32. The van der Waals surface area contributed by atoms with Crippen LogP contribution in [0.4, 0.5) is 0 Å². The summed E-state index contributed by atoms with van der Waals surface area (Å²) in [5, 5.41) is 18.7. The van der Waals surface area contributed by atoms with Gasteiger partial charge < -0.3 is 10.2 Å². The van der Waals surface area contributed by atoms with Crippen LogP contribution in [0, 0.1) is 11.8 Å². The van der Waals surface area contributed by atoms with Gasteiger partial charge in [-0.15, -0.1) is 0 Å². The highest BCUT2D eigenvalue weighted by molar-refractivity contribution is 5.66. The molecule has 3 N–H and O–H groups in total. The number of fused-ring (bicyclic) bond motifs is 1. The van der Waals surface area contributed by atoms with Crippen molar-refractivity contribution in [2.24, 2.45) is 11.8 Å². The second kappa shape index (κ2) is 10.4. The Balaban J connectivity index is 1.74. The van der Waals surface area contributed by atoms with Crippen LogP contribution in [0.1, 0.15) is 58.3 Å². The van der Waals surface area contributed by atoms with Crippen molar-refractivity contribution >= 4 is 5.97 Å². The Morgan fingerprint density at radius 2 is 2.28 bits per heavy atom. The molecule has 140 valence electrons. The van der Waals surface area contributed by atoms with Crippen LogP contribution in [0.3, 0.4) is 0 Å².